The second kappa shape index (κ2) is 8.45. The van der Waals surface area contributed by atoms with Crippen molar-refractivity contribution < 1.29 is 0 Å². The van der Waals surface area contributed by atoms with Crippen molar-refractivity contribution in [1.29, 1.82) is 0 Å². The minimum absolute atomic E-state index is 0.0223. The van der Waals surface area contributed by atoms with E-state index in [1.165, 1.54) is 0 Å². The summed E-state index contributed by atoms with van der Waals surface area (Å²) in [6.07, 6.45) is 5.56. The van der Waals surface area contributed by atoms with Crippen molar-refractivity contribution in [3.8, 4) is 0 Å². The Morgan fingerprint density at radius 3 is 2.50 bits per heavy atom. The summed E-state index contributed by atoms with van der Waals surface area (Å²) < 4.78 is 1.77. The van der Waals surface area contributed by atoms with E-state index in [9.17, 15) is 4.79 Å². The minimum Gasteiger partial charge on any atom is -0.348 e. The maximum absolute atomic E-state index is 12.6. The van der Waals surface area contributed by atoms with Gasteiger partial charge < -0.3 is 9.47 Å². The van der Waals surface area contributed by atoms with Crippen LogP contribution in [0.25, 0.3) is 0 Å². The number of nitrogens with zero attached hydrogens (tertiary/aromatic N) is 3. The van der Waals surface area contributed by atoms with Gasteiger partial charge in [-0.3, -0.25) is 4.79 Å². The molecule has 0 aliphatic rings. The summed E-state index contributed by atoms with van der Waals surface area (Å²) in [7, 11) is 0. The number of rotatable bonds is 8. The zero-order valence-corrected chi connectivity index (χ0v) is 14.6. The van der Waals surface area contributed by atoms with Crippen molar-refractivity contribution in [3.05, 3.63) is 22.7 Å². The maximum atomic E-state index is 12.6. The normalized spacial score (nSPS) is 11.3. The third-order valence-electron chi connectivity index (χ3n) is 3.44. The molecule has 1 aromatic heterocycles. The average molecular weight is 344 g/mol. The summed E-state index contributed by atoms with van der Waals surface area (Å²) in [5, 5.41) is 0.837. The molecule has 0 fully saturated rings. The summed E-state index contributed by atoms with van der Waals surface area (Å²) in [6.45, 7) is 10.1. The zero-order valence-electron chi connectivity index (χ0n) is 13.0. The highest BCUT2D eigenvalue weighted by Gasteiger charge is 2.20. The Morgan fingerprint density at radius 1 is 1.35 bits per heavy atom. The molecule has 5 heteroatoms. The molecule has 0 radical (unpaired) electrons. The number of anilines is 1. The molecule has 114 valence electrons. The lowest BCUT2D eigenvalue weighted by molar-refractivity contribution is 0.502. The lowest BCUT2D eigenvalue weighted by Crippen LogP contribution is -2.41. The van der Waals surface area contributed by atoms with Crippen LogP contribution in [0, 0.1) is 5.92 Å². The number of alkyl halides is 1. The Kier molecular flexibility index (Phi) is 7.27. The van der Waals surface area contributed by atoms with E-state index < -0.39 is 0 Å². The molecule has 0 unspecified atom stereocenters. The fraction of sp³-hybridized carbons (Fsp3) is 0.733. The maximum Gasteiger partial charge on any atom is 0.293 e. The van der Waals surface area contributed by atoms with Crippen LogP contribution in [0.5, 0.6) is 0 Å². The summed E-state index contributed by atoms with van der Waals surface area (Å²) in [5.74, 6) is 1.03. The Morgan fingerprint density at radius 2 is 2.00 bits per heavy atom. The van der Waals surface area contributed by atoms with Crippen molar-refractivity contribution in [1.82, 2.24) is 9.55 Å². The summed E-state index contributed by atoms with van der Waals surface area (Å²) >= 11 is 3.48. The molecule has 0 N–H and O–H groups in total. The van der Waals surface area contributed by atoms with E-state index in [-0.39, 0.29) is 5.56 Å². The van der Waals surface area contributed by atoms with Gasteiger partial charge in [0.15, 0.2) is 5.82 Å². The van der Waals surface area contributed by atoms with Gasteiger partial charge >= 0.3 is 0 Å². The van der Waals surface area contributed by atoms with Crippen molar-refractivity contribution in [2.75, 3.05) is 16.8 Å². The van der Waals surface area contributed by atoms with Crippen molar-refractivity contribution >= 4 is 21.7 Å². The van der Waals surface area contributed by atoms with Crippen LogP contribution in [-0.2, 0) is 6.54 Å². The lowest BCUT2D eigenvalue weighted by atomic mass is 10.1. The molecule has 1 rings (SSSR count). The third-order valence-corrected chi connectivity index (χ3v) is 3.79. The molecule has 0 saturated carbocycles. The predicted molar refractivity (Wildman–Crippen MR) is 88.8 cm³/mol. The van der Waals surface area contributed by atoms with E-state index in [1.807, 2.05) is 0 Å². The van der Waals surface area contributed by atoms with Crippen molar-refractivity contribution in [2.24, 2.45) is 5.92 Å². The number of aromatic nitrogens is 2. The van der Waals surface area contributed by atoms with Gasteiger partial charge in [0.05, 0.1) is 0 Å². The molecule has 0 spiro atoms. The molecule has 0 aromatic carbocycles. The third kappa shape index (κ3) is 4.33. The van der Waals surface area contributed by atoms with E-state index >= 15 is 0 Å². The van der Waals surface area contributed by atoms with Crippen LogP contribution in [-0.4, -0.2) is 27.5 Å². The Bertz CT molecular complexity index is 455. The molecule has 0 saturated heterocycles. The molecule has 0 aliphatic carbocycles. The van der Waals surface area contributed by atoms with Gasteiger partial charge in [-0.15, -0.1) is 0 Å². The highest BCUT2D eigenvalue weighted by Crippen LogP contribution is 2.15. The van der Waals surface area contributed by atoms with Crippen LogP contribution >= 0.6 is 15.9 Å². The van der Waals surface area contributed by atoms with Gasteiger partial charge in [-0.2, -0.15) is 0 Å². The molecular weight excluding hydrogens is 318 g/mol. The van der Waals surface area contributed by atoms with Gasteiger partial charge in [0.1, 0.15) is 0 Å². The van der Waals surface area contributed by atoms with Gasteiger partial charge in [0.2, 0.25) is 0 Å². The van der Waals surface area contributed by atoms with Gasteiger partial charge in [-0.1, -0.05) is 43.6 Å². The zero-order chi connectivity index (χ0) is 15.1. The van der Waals surface area contributed by atoms with E-state index in [1.54, 1.807) is 17.0 Å². The number of halogens is 1. The van der Waals surface area contributed by atoms with E-state index in [0.29, 0.717) is 17.8 Å². The first-order valence-electron chi connectivity index (χ1n) is 7.43. The Balaban J connectivity index is 3.16. The number of hydrogen-bond acceptors (Lipinski definition) is 3. The number of hydrogen-bond donors (Lipinski definition) is 0. The monoisotopic (exact) mass is 343 g/mol. The molecule has 4 nitrogen and oxygen atoms in total. The summed E-state index contributed by atoms with van der Waals surface area (Å²) in [4.78, 5) is 19.1. The molecule has 20 heavy (non-hydrogen) atoms. The SMILES string of the molecule is CCC(CC)N(CCBr)c1nccn(CC(C)C)c1=O. The highest BCUT2D eigenvalue weighted by atomic mass is 79.9. The van der Waals surface area contributed by atoms with E-state index in [2.05, 4.69) is 53.5 Å². The summed E-state index contributed by atoms with van der Waals surface area (Å²) in [5.41, 5.74) is 0.0223. The van der Waals surface area contributed by atoms with Gasteiger partial charge in [-0.05, 0) is 18.8 Å². The molecule has 0 atom stereocenters. The molecule has 0 amide bonds. The molecular formula is C15H26BrN3O. The van der Waals surface area contributed by atoms with Crippen LogP contribution in [0.4, 0.5) is 5.82 Å². The fourth-order valence-electron chi connectivity index (χ4n) is 2.45. The van der Waals surface area contributed by atoms with Gasteiger partial charge in [0, 0.05) is 36.9 Å². The highest BCUT2D eigenvalue weighted by molar-refractivity contribution is 9.09. The quantitative estimate of drug-likeness (QED) is 0.679. The second-order valence-corrected chi connectivity index (χ2v) is 6.25. The lowest BCUT2D eigenvalue weighted by Gasteiger charge is -2.30. The molecule has 1 aromatic rings. The van der Waals surface area contributed by atoms with Crippen molar-refractivity contribution in [3.63, 3.8) is 0 Å². The smallest absolute Gasteiger partial charge is 0.293 e. The van der Waals surface area contributed by atoms with Gasteiger partial charge in [0.25, 0.3) is 5.56 Å². The van der Waals surface area contributed by atoms with Gasteiger partial charge in [-0.25, -0.2) is 4.98 Å². The summed E-state index contributed by atoms with van der Waals surface area (Å²) in [6, 6.07) is 0.364. The molecule has 1 heterocycles. The second-order valence-electron chi connectivity index (χ2n) is 5.45. The topological polar surface area (TPSA) is 38.1 Å². The average Bonchev–Trinajstić information content (AvgIpc) is 2.41. The first-order chi connectivity index (χ1) is 9.54. The van der Waals surface area contributed by atoms with Crippen LogP contribution in [0.1, 0.15) is 40.5 Å². The van der Waals surface area contributed by atoms with Crippen LogP contribution in [0.3, 0.4) is 0 Å². The van der Waals surface area contributed by atoms with E-state index in [0.717, 1.165) is 31.3 Å². The first kappa shape index (κ1) is 17.2. The Hall–Kier alpha value is -0.840. The minimum atomic E-state index is 0.0223. The molecule has 0 bridgehead atoms. The first-order valence-corrected chi connectivity index (χ1v) is 8.55. The van der Waals surface area contributed by atoms with Crippen LogP contribution < -0.4 is 10.5 Å². The fourth-order valence-corrected chi connectivity index (χ4v) is 2.83. The Labute approximate surface area is 130 Å². The van der Waals surface area contributed by atoms with Crippen LogP contribution in [0.2, 0.25) is 0 Å². The predicted octanol–water partition coefficient (Wildman–Crippen LogP) is 3.29. The standard InChI is InChI=1S/C15H26BrN3O/c1-5-13(6-2)19(9-7-16)14-15(20)18(10-8-17-14)11-12(3)4/h8,10,12-13H,5-7,9,11H2,1-4H3. The van der Waals surface area contributed by atoms with E-state index in [4.69, 9.17) is 0 Å². The van der Waals surface area contributed by atoms with Crippen LogP contribution in [0.15, 0.2) is 17.2 Å². The largest absolute Gasteiger partial charge is 0.348 e. The molecule has 0 aliphatic heterocycles. The van der Waals surface area contributed by atoms with Crippen molar-refractivity contribution in [2.45, 2.75) is 53.1 Å².